The van der Waals surface area contributed by atoms with E-state index in [1.165, 1.54) is 0 Å². The Bertz CT molecular complexity index is 904. The molecule has 138 valence electrons. The van der Waals surface area contributed by atoms with Crippen LogP contribution < -0.4 is 15.4 Å². The van der Waals surface area contributed by atoms with Gasteiger partial charge in [-0.15, -0.1) is 0 Å². The van der Waals surface area contributed by atoms with Gasteiger partial charge in [-0.25, -0.2) is 0 Å². The minimum Gasteiger partial charge on any atom is -0.457 e. The molecule has 0 atom stereocenters. The molecular formula is C20H21N5O2. The van der Waals surface area contributed by atoms with Gasteiger partial charge in [-0.05, 0) is 44.1 Å². The van der Waals surface area contributed by atoms with E-state index in [9.17, 15) is 4.79 Å². The third-order valence-electron chi connectivity index (χ3n) is 4.49. The highest BCUT2D eigenvalue weighted by Gasteiger charge is 2.17. The number of para-hydroxylation sites is 1. The van der Waals surface area contributed by atoms with Gasteiger partial charge in [0.15, 0.2) is 0 Å². The number of carbonyl (C=O) groups excluding carboxylic acids is 1. The third-order valence-corrected chi connectivity index (χ3v) is 4.49. The number of hydrogen-bond acceptors (Lipinski definition) is 5. The lowest BCUT2D eigenvalue weighted by Crippen LogP contribution is -2.29. The lowest BCUT2D eigenvalue weighted by molar-refractivity contribution is 0.102. The number of ether oxygens (including phenoxy) is 1. The van der Waals surface area contributed by atoms with Crippen LogP contribution in [0.15, 0.2) is 61.1 Å². The fraction of sp³-hybridized carbons (Fsp3) is 0.250. The molecule has 1 aromatic carbocycles. The Morgan fingerprint density at radius 3 is 2.78 bits per heavy atom. The molecule has 0 saturated carbocycles. The predicted molar refractivity (Wildman–Crippen MR) is 102 cm³/mol. The SMILES string of the molecule is O=C(Nc1cnn(C2CCNCC2)c1)c1cc(Oc2ccccc2)ccn1. The zero-order chi connectivity index (χ0) is 18.5. The summed E-state index contributed by atoms with van der Waals surface area (Å²) < 4.78 is 7.69. The molecule has 3 aromatic rings. The lowest BCUT2D eigenvalue weighted by atomic mass is 10.1. The first-order chi connectivity index (χ1) is 13.3. The van der Waals surface area contributed by atoms with Crippen molar-refractivity contribution in [3.63, 3.8) is 0 Å². The predicted octanol–water partition coefficient (Wildman–Crippen LogP) is 3.25. The quantitative estimate of drug-likeness (QED) is 0.727. The molecule has 0 unspecified atom stereocenters. The summed E-state index contributed by atoms with van der Waals surface area (Å²) in [6.45, 7) is 1.98. The molecule has 3 heterocycles. The maximum atomic E-state index is 12.5. The average molecular weight is 363 g/mol. The van der Waals surface area contributed by atoms with Gasteiger partial charge in [-0.3, -0.25) is 14.5 Å². The summed E-state index contributed by atoms with van der Waals surface area (Å²) in [4.78, 5) is 16.7. The molecule has 0 bridgehead atoms. The maximum absolute atomic E-state index is 12.5. The number of amides is 1. The van der Waals surface area contributed by atoms with Gasteiger partial charge in [0.2, 0.25) is 0 Å². The largest absolute Gasteiger partial charge is 0.457 e. The maximum Gasteiger partial charge on any atom is 0.274 e. The van der Waals surface area contributed by atoms with Crippen molar-refractivity contribution < 1.29 is 9.53 Å². The second-order valence-electron chi connectivity index (χ2n) is 6.44. The van der Waals surface area contributed by atoms with E-state index in [1.54, 1.807) is 24.5 Å². The summed E-state index contributed by atoms with van der Waals surface area (Å²) in [5.74, 6) is 0.975. The molecule has 1 aliphatic rings. The molecule has 1 amide bonds. The normalized spacial score (nSPS) is 14.7. The van der Waals surface area contributed by atoms with Crippen molar-refractivity contribution in [1.82, 2.24) is 20.1 Å². The van der Waals surface area contributed by atoms with Gasteiger partial charge in [0, 0.05) is 18.5 Å². The molecule has 1 aliphatic heterocycles. The molecule has 1 saturated heterocycles. The molecule has 2 N–H and O–H groups in total. The van der Waals surface area contributed by atoms with Gasteiger partial charge in [0.1, 0.15) is 17.2 Å². The first-order valence-corrected chi connectivity index (χ1v) is 9.03. The molecule has 1 fully saturated rings. The second-order valence-corrected chi connectivity index (χ2v) is 6.44. The highest BCUT2D eigenvalue weighted by atomic mass is 16.5. The van der Waals surface area contributed by atoms with Gasteiger partial charge in [0.25, 0.3) is 5.91 Å². The Morgan fingerprint density at radius 2 is 1.96 bits per heavy atom. The number of carbonyl (C=O) groups is 1. The smallest absolute Gasteiger partial charge is 0.274 e. The molecule has 27 heavy (non-hydrogen) atoms. The van der Waals surface area contributed by atoms with Crippen molar-refractivity contribution in [2.45, 2.75) is 18.9 Å². The summed E-state index contributed by atoms with van der Waals surface area (Å²) in [6.07, 6.45) is 7.18. The van der Waals surface area contributed by atoms with E-state index in [-0.39, 0.29) is 11.6 Å². The van der Waals surface area contributed by atoms with Gasteiger partial charge < -0.3 is 15.4 Å². The number of anilines is 1. The zero-order valence-corrected chi connectivity index (χ0v) is 14.8. The lowest BCUT2D eigenvalue weighted by Gasteiger charge is -2.22. The van der Waals surface area contributed by atoms with Crippen molar-refractivity contribution in [1.29, 1.82) is 0 Å². The highest BCUT2D eigenvalue weighted by Crippen LogP contribution is 2.22. The summed E-state index contributed by atoms with van der Waals surface area (Å²) in [6, 6.07) is 13.1. The Hall–Kier alpha value is -3.19. The molecule has 7 heteroatoms. The van der Waals surface area contributed by atoms with Crippen molar-refractivity contribution in [2.75, 3.05) is 18.4 Å². The van der Waals surface area contributed by atoms with E-state index in [4.69, 9.17) is 4.74 Å². The van der Waals surface area contributed by atoms with Crippen LogP contribution in [0.4, 0.5) is 5.69 Å². The van der Waals surface area contributed by atoms with Crippen molar-refractivity contribution in [3.8, 4) is 11.5 Å². The van der Waals surface area contributed by atoms with Crippen molar-refractivity contribution >= 4 is 11.6 Å². The number of rotatable bonds is 5. The molecule has 4 rings (SSSR count). The van der Waals surface area contributed by atoms with Crippen LogP contribution in [0.25, 0.3) is 0 Å². The zero-order valence-electron chi connectivity index (χ0n) is 14.8. The van der Waals surface area contributed by atoms with Crippen molar-refractivity contribution in [2.24, 2.45) is 0 Å². The minimum absolute atomic E-state index is 0.290. The summed E-state index contributed by atoms with van der Waals surface area (Å²) in [7, 11) is 0. The number of piperidine rings is 1. The Balaban J connectivity index is 1.42. The van der Waals surface area contributed by atoms with Crippen LogP contribution in [-0.4, -0.2) is 33.8 Å². The highest BCUT2D eigenvalue weighted by molar-refractivity contribution is 6.02. The standard InChI is InChI=1S/C20H21N5O2/c26-20(24-15-13-23-25(14-15)16-6-9-21-10-7-16)19-12-18(8-11-22-19)27-17-4-2-1-3-5-17/h1-5,8,11-14,16,21H,6-7,9-10H2,(H,24,26). The number of benzene rings is 1. The Kier molecular flexibility index (Phi) is 5.11. The molecule has 0 aliphatic carbocycles. The van der Waals surface area contributed by atoms with Gasteiger partial charge in [-0.1, -0.05) is 18.2 Å². The van der Waals surface area contributed by atoms with E-state index in [1.807, 2.05) is 41.2 Å². The van der Waals surface area contributed by atoms with Crippen LogP contribution in [0.5, 0.6) is 11.5 Å². The Morgan fingerprint density at radius 1 is 1.15 bits per heavy atom. The van der Waals surface area contributed by atoms with E-state index in [2.05, 4.69) is 20.7 Å². The minimum atomic E-state index is -0.293. The topological polar surface area (TPSA) is 81.1 Å². The summed E-state index contributed by atoms with van der Waals surface area (Å²) >= 11 is 0. The average Bonchev–Trinajstić information content (AvgIpc) is 3.18. The monoisotopic (exact) mass is 363 g/mol. The van der Waals surface area contributed by atoms with E-state index < -0.39 is 0 Å². The molecular weight excluding hydrogens is 342 g/mol. The first kappa shape index (κ1) is 17.2. The number of nitrogens with one attached hydrogen (secondary N) is 2. The van der Waals surface area contributed by atoms with Gasteiger partial charge in [0.05, 0.1) is 17.9 Å². The fourth-order valence-electron chi connectivity index (χ4n) is 3.09. The van der Waals surface area contributed by atoms with Crippen LogP contribution in [0.1, 0.15) is 29.4 Å². The van der Waals surface area contributed by atoms with Crippen LogP contribution in [0, 0.1) is 0 Å². The van der Waals surface area contributed by atoms with Crippen LogP contribution >= 0.6 is 0 Å². The van der Waals surface area contributed by atoms with Crippen LogP contribution in [0.3, 0.4) is 0 Å². The van der Waals surface area contributed by atoms with Crippen LogP contribution in [0.2, 0.25) is 0 Å². The molecule has 0 spiro atoms. The van der Waals surface area contributed by atoms with E-state index >= 15 is 0 Å². The fourth-order valence-corrected chi connectivity index (χ4v) is 3.09. The van der Waals surface area contributed by atoms with E-state index in [0.717, 1.165) is 25.9 Å². The number of nitrogens with zero attached hydrogens (tertiary/aromatic N) is 3. The molecule has 7 nitrogen and oxygen atoms in total. The van der Waals surface area contributed by atoms with Crippen molar-refractivity contribution in [3.05, 3.63) is 66.7 Å². The number of aromatic nitrogens is 3. The van der Waals surface area contributed by atoms with Crippen LogP contribution in [-0.2, 0) is 0 Å². The third kappa shape index (κ3) is 4.32. The number of hydrogen-bond donors (Lipinski definition) is 2. The number of pyridine rings is 1. The molecule has 0 radical (unpaired) electrons. The van der Waals surface area contributed by atoms with Gasteiger partial charge >= 0.3 is 0 Å². The molecule has 2 aromatic heterocycles. The second kappa shape index (κ2) is 8.01. The summed E-state index contributed by atoms with van der Waals surface area (Å²) in [5.41, 5.74) is 0.952. The first-order valence-electron chi connectivity index (χ1n) is 9.03. The Labute approximate surface area is 157 Å². The summed E-state index contributed by atoms with van der Waals surface area (Å²) in [5, 5.41) is 10.6. The van der Waals surface area contributed by atoms with Gasteiger partial charge in [-0.2, -0.15) is 5.10 Å². The van der Waals surface area contributed by atoms with E-state index in [0.29, 0.717) is 23.2 Å².